The van der Waals surface area contributed by atoms with Crippen LogP contribution in [-0.2, 0) is 9.47 Å². The molecule has 4 heterocycles. The molecule has 2 aromatic heterocycles. The van der Waals surface area contributed by atoms with Gasteiger partial charge in [0.2, 0.25) is 5.95 Å². The molecule has 2 aliphatic heterocycles. The Hall–Kier alpha value is -2.89. The third-order valence-corrected chi connectivity index (χ3v) is 8.44. The fourth-order valence-corrected chi connectivity index (χ4v) is 6.23. The van der Waals surface area contributed by atoms with E-state index in [1.165, 1.54) is 17.4 Å². The van der Waals surface area contributed by atoms with Gasteiger partial charge in [-0.05, 0) is 50.2 Å². The predicted molar refractivity (Wildman–Crippen MR) is 146 cm³/mol. The van der Waals surface area contributed by atoms with Crippen LogP contribution in [0.15, 0.2) is 30.3 Å². The minimum atomic E-state index is -2.74. The summed E-state index contributed by atoms with van der Waals surface area (Å²) < 4.78 is 40.7. The third-order valence-electron chi connectivity index (χ3n) is 8.44. The Labute approximate surface area is 227 Å². The molecule has 3 aliphatic rings. The second-order valence-corrected chi connectivity index (χ2v) is 10.8. The summed E-state index contributed by atoms with van der Waals surface area (Å²) in [5.41, 5.74) is 1.11. The highest BCUT2D eigenvalue weighted by Gasteiger charge is 2.31. The van der Waals surface area contributed by atoms with Gasteiger partial charge in [0.1, 0.15) is 11.6 Å². The molecule has 1 aliphatic carbocycles. The normalized spacial score (nSPS) is 24.6. The standard InChI is InChI=1S/C28H37F2N7O2/c1-38-21-10-11-36(18-21)20-8-6-19(7-9-20)17-31-28-33-24(35-12-14-39-15-13-35)16-25(34-28)37-23-5-3-2-4-22(23)32-27(37)26(29)30/h2-5,16,19-21,26H,6-15,17-18H2,1H3,(H,31,33,34)/t19-,20+,21?. The van der Waals surface area contributed by atoms with E-state index in [1.54, 1.807) is 24.3 Å². The fraction of sp³-hybridized carbons (Fsp3) is 0.607. The number of fused-ring (bicyclic) bond motifs is 1. The van der Waals surface area contributed by atoms with Gasteiger partial charge in [0.15, 0.2) is 5.82 Å². The summed E-state index contributed by atoms with van der Waals surface area (Å²) in [6, 6.07) is 9.59. The summed E-state index contributed by atoms with van der Waals surface area (Å²) in [6.45, 7) is 5.50. The van der Waals surface area contributed by atoms with Crippen molar-refractivity contribution < 1.29 is 18.3 Å². The molecule has 0 amide bonds. The summed E-state index contributed by atoms with van der Waals surface area (Å²) in [5.74, 6) is 1.76. The summed E-state index contributed by atoms with van der Waals surface area (Å²) in [4.78, 5) is 18.5. The molecule has 9 nitrogen and oxygen atoms in total. The predicted octanol–water partition coefficient (Wildman–Crippen LogP) is 4.28. The molecule has 210 valence electrons. The molecule has 1 saturated carbocycles. The highest BCUT2D eigenvalue weighted by atomic mass is 19.3. The number of methoxy groups -OCH3 is 1. The molecule has 1 atom stereocenters. The largest absolute Gasteiger partial charge is 0.380 e. The number of nitrogens with zero attached hydrogens (tertiary/aromatic N) is 6. The molecule has 0 spiro atoms. The molecular formula is C28H37F2N7O2. The number of rotatable bonds is 8. The summed E-state index contributed by atoms with van der Waals surface area (Å²) >= 11 is 0. The van der Waals surface area contributed by atoms with Crippen molar-refractivity contribution in [2.45, 2.75) is 50.7 Å². The molecule has 6 rings (SSSR count). The Bertz CT molecular complexity index is 1260. The van der Waals surface area contributed by atoms with Crippen LogP contribution in [0.3, 0.4) is 0 Å². The third kappa shape index (κ3) is 5.71. The van der Waals surface area contributed by atoms with Crippen LogP contribution in [0, 0.1) is 5.92 Å². The molecule has 11 heteroatoms. The number of benzene rings is 1. The molecular weight excluding hydrogens is 504 g/mol. The maximum absolute atomic E-state index is 14.1. The number of para-hydroxylation sites is 2. The van der Waals surface area contributed by atoms with Crippen LogP contribution in [0.4, 0.5) is 20.5 Å². The number of hydrogen-bond donors (Lipinski definition) is 1. The summed E-state index contributed by atoms with van der Waals surface area (Å²) in [5, 5.41) is 3.46. The number of ether oxygens (including phenoxy) is 2. The van der Waals surface area contributed by atoms with Crippen LogP contribution in [0.1, 0.15) is 44.4 Å². The molecule has 39 heavy (non-hydrogen) atoms. The lowest BCUT2D eigenvalue weighted by molar-refractivity contribution is 0.0921. The number of morpholine rings is 1. The molecule has 1 N–H and O–H groups in total. The second-order valence-electron chi connectivity index (χ2n) is 10.8. The summed E-state index contributed by atoms with van der Waals surface area (Å²) in [6.07, 6.45) is 3.40. The molecule has 2 saturated heterocycles. The molecule has 0 bridgehead atoms. The number of hydrogen-bond acceptors (Lipinski definition) is 8. The first-order chi connectivity index (χ1) is 19.1. The zero-order chi connectivity index (χ0) is 26.8. The number of imidazole rings is 1. The van der Waals surface area contributed by atoms with Crippen LogP contribution in [0.25, 0.3) is 16.9 Å². The van der Waals surface area contributed by atoms with Crippen LogP contribution < -0.4 is 10.2 Å². The van der Waals surface area contributed by atoms with E-state index in [1.807, 2.05) is 13.2 Å². The van der Waals surface area contributed by atoms with Crippen LogP contribution in [0.2, 0.25) is 0 Å². The van der Waals surface area contributed by atoms with Crippen molar-refractivity contribution in [3.63, 3.8) is 0 Å². The maximum atomic E-state index is 14.1. The lowest BCUT2D eigenvalue weighted by Crippen LogP contribution is -2.38. The van der Waals surface area contributed by atoms with Crippen molar-refractivity contribution in [2.24, 2.45) is 5.92 Å². The smallest absolute Gasteiger partial charge is 0.296 e. The van der Waals surface area contributed by atoms with Crippen LogP contribution in [-0.4, -0.2) is 89.6 Å². The molecule has 3 aromatic rings. The average Bonchev–Trinajstić information content (AvgIpc) is 3.62. The van der Waals surface area contributed by atoms with Gasteiger partial charge in [-0.15, -0.1) is 0 Å². The number of aromatic nitrogens is 4. The number of anilines is 2. The molecule has 3 fully saturated rings. The van der Waals surface area contributed by atoms with Gasteiger partial charge in [-0.1, -0.05) is 12.1 Å². The molecule has 1 unspecified atom stereocenters. The van der Waals surface area contributed by atoms with Crippen molar-refractivity contribution in [1.29, 1.82) is 0 Å². The quantitative estimate of drug-likeness (QED) is 0.453. The lowest BCUT2D eigenvalue weighted by atomic mass is 9.85. The Morgan fingerprint density at radius 2 is 1.77 bits per heavy atom. The first-order valence-corrected chi connectivity index (χ1v) is 14.1. The van der Waals surface area contributed by atoms with Crippen molar-refractivity contribution >= 4 is 22.8 Å². The van der Waals surface area contributed by atoms with Crippen LogP contribution >= 0.6 is 0 Å². The van der Waals surface area contributed by atoms with E-state index in [4.69, 9.17) is 19.4 Å². The van der Waals surface area contributed by atoms with E-state index in [0.29, 0.717) is 73.0 Å². The number of halogens is 2. The van der Waals surface area contributed by atoms with Crippen molar-refractivity contribution in [3.8, 4) is 5.82 Å². The number of alkyl halides is 2. The number of nitrogens with one attached hydrogen (secondary N) is 1. The van der Waals surface area contributed by atoms with Crippen molar-refractivity contribution in [1.82, 2.24) is 24.4 Å². The van der Waals surface area contributed by atoms with E-state index in [0.717, 1.165) is 38.9 Å². The maximum Gasteiger partial charge on any atom is 0.296 e. The Morgan fingerprint density at radius 3 is 2.51 bits per heavy atom. The highest BCUT2D eigenvalue weighted by Crippen LogP contribution is 2.32. The fourth-order valence-electron chi connectivity index (χ4n) is 6.23. The van der Waals surface area contributed by atoms with Crippen LogP contribution in [0.5, 0.6) is 0 Å². The van der Waals surface area contributed by atoms with Gasteiger partial charge >= 0.3 is 0 Å². The minimum Gasteiger partial charge on any atom is -0.380 e. The van der Waals surface area contributed by atoms with Gasteiger partial charge in [-0.2, -0.15) is 9.97 Å². The Kier molecular flexibility index (Phi) is 7.90. The SMILES string of the molecule is COC1CCN([C@H]2CC[C@@H](CNc3nc(N4CCOCC4)cc(-n4c(C(F)F)nc5ccccc54)n3)CC2)C1. The first-order valence-electron chi connectivity index (χ1n) is 14.1. The highest BCUT2D eigenvalue weighted by molar-refractivity contribution is 5.78. The van der Waals surface area contributed by atoms with Gasteiger partial charge < -0.3 is 19.7 Å². The first kappa shape index (κ1) is 26.3. The average molecular weight is 542 g/mol. The number of likely N-dealkylation sites (tertiary alicyclic amines) is 1. The van der Waals surface area contributed by atoms with E-state index in [-0.39, 0.29) is 5.82 Å². The topological polar surface area (TPSA) is 80.6 Å². The van der Waals surface area contributed by atoms with Gasteiger partial charge in [-0.3, -0.25) is 9.47 Å². The second kappa shape index (κ2) is 11.7. The van der Waals surface area contributed by atoms with Crippen molar-refractivity contribution in [3.05, 3.63) is 36.2 Å². The zero-order valence-corrected chi connectivity index (χ0v) is 22.4. The van der Waals surface area contributed by atoms with Gasteiger partial charge in [0.05, 0.1) is 30.4 Å². The van der Waals surface area contributed by atoms with E-state index >= 15 is 0 Å². The van der Waals surface area contributed by atoms with Gasteiger partial charge in [0.25, 0.3) is 6.43 Å². The summed E-state index contributed by atoms with van der Waals surface area (Å²) in [7, 11) is 1.81. The molecule has 0 radical (unpaired) electrons. The Balaban J connectivity index is 1.21. The Morgan fingerprint density at radius 1 is 1.00 bits per heavy atom. The van der Waals surface area contributed by atoms with E-state index < -0.39 is 6.43 Å². The van der Waals surface area contributed by atoms with E-state index in [2.05, 4.69) is 20.1 Å². The monoisotopic (exact) mass is 541 g/mol. The van der Waals surface area contributed by atoms with Gasteiger partial charge in [0, 0.05) is 51.9 Å². The van der Waals surface area contributed by atoms with Crippen molar-refractivity contribution in [2.75, 3.05) is 63.3 Å². The molecule has 1 aromatic carbocycles. The lowest BCUT2D eigenvalue weighted by Gasteiger charge is -2.34. The zero-order valence-electron chi connectivity index (χ0n) is 22.4. The van der Waals surface area contributed by atoms with E-state index in [9.17, 15) is 8.78 Å². The van der Waals surface area contributed by atoms with Gasteiger partial charge in [-0.25, -0.2) is 13.8 Å². The minimum absolute atomic E-state index is 0.315.